The number of likely N-dealkylation sites (tertiary alicyclic amines) is 1. The van der Waals surface area contributed by atoms with Crippen LogP contribution in [-0.2, 0) is 9.53 Å². The van der Waals surface area contributed by atoms with Gasteiger partial charge in [-0.2, -0.15) is 0 Å². The number of carbonyl (C=O) groups excluding carboxylic acids is 1. The van der Waals surface area contributed by atoms with E-state index in [0.717, 1.165) is 44.8 Å². The van der Waals surface area contributed by atoms with E-state index in [-0.39, 0.29) is 17.6 Å². The molecule has 1 amide bonds. The molecule has 0 saturated carbocycles. The van der Waals surface area contributed by atoms with Gasteiger partial charge in [-0.05, 0) is 42.5 Å². The summed E-state index contributed by atoms with van der Waals surface area (Å²) in [6, 6.07) is 6.38. The molecule has 23 heavy (non-hydrogen) atoms. The first-order valence-corrected chi connectivity index (χ1v) is 8.32. The topological polar surface area (TPSA) is 41.6 Å². The molecule has 4 nitrogen and oxygen atoms in total. The highest BCUT2D eigenvalue weighted by atomic mass is 19.1. The smallest absolute Gasteiger partial charge is 0.220 e. The Morgan fingerprint density at radius 3 is 2.87 bits per heavy atom. The van der Waals surface area contributed by atoms with Gasteiger partial charge in [0.1, 0.15) is 5.82 Å². The molecule has 1 fully saturated rings. The molecule has 0 aromatic heterocycles. The molecule has 0 unspecified atom stereocenters. The molecule has 1 aliphatic heterocycles. The molecule has 2 rings (SSSR count). The number of benzene rings is 1. The van der Waals surface area contributed by atoms with Gasteiger partial charge in [-0.25, -0.2) is 4.39 Å². The van der Waals surface area contributed by atoms with Gasteiger partial charge >= 0.3 is 0 Å². The standard InChI is InChI=1S/C18H27FN2O2/c1-14(16-3-5-17(19)6-4-16)11-18(22)20-12-15-7-8-21(13-15)9-10-23-2/h3-6,14-15H,7-13H2,1-2H3,(H,20,22)/t14-,15-/m0/s1. The van der Waals surface area contributed by atoms with Crippen LogP contribution in [0.15, 0.2) is 24.3 Å². The summed E-state index contributed by atoms with van der Waals surface area (Å²) in [4.78, 5) is 14.5. The SMILES string of the molecule is COCCN1CC[C@@H](CNC(=O)C[C@H](C)c2ccc(F)cc2)C1. The Labute approximate surface area is 138 Å². The molecule has 0 bridgehead atoms. The first-order valence-electron chi connectivity index (χ1n) is 8.32. The summed E-state index contributed by atoms with van der Waals surface area (Å²) in [6.45, 7) is 6.55. The number of nitrogens with one attached hydrogen (secondary N) is 1. The van der Waals surface area contributed by atoms with E-state index in [1.165, 1.54) is 12.1 Å². The van der Waals surface area contributed by atoms with E-state index in [1.807, 2.05) is 6.92 Å². The van der Waals surface area contributed by atoms with Gasteiger partial charge in [0.2, 0.25) is 5.91 Å². The lowest BCUT2D eigenvalue weighted by atomic mass is 9.97. The van der Waals surface area contributed by atoms with E-state index >= 15 is 0 Å². The largest absolute Gasteiger partial charge is 0.383 e. The van der Waals surface area contributed by atoms with Crippen LogP contribution < -0.4 is 5.32 Å². The maximum atomic E-state index is 12.9. The van der Waals surface area contributed by atoms with Crippen molar-refractivity contribution in [3.8, 4) is 0 Å². The maximum absolute atomic E-state index is 12.9. The molecule has 1 saturated heterocycles. The molecular weight excluding hydrogens is 295 g/mol. The molecule has 0 radical (unpaired) electrons. The van der Waals surface area contributed by atoms with Crippen molar-refractivity contribution in [3.05, 3.63) is 35.6 Å². The van der Waals surface area contributed by atoms with Gasteiger partial charge in [-0.1, -0.05) is 19.1 Å². The summed E-state index contributed by atoms with van der Waals surface area (Å²) in [5, 5.41) is 3.04. The lowest BCUT2D eigenvalue weighted by molar-refractivity contribution is -0.121. The second-order valence-corrected chi connectivity index (χ2v) is 6.41. The third kappa shape index (κ3) is 5.92. The third-order valence-electron chi connectivity index (χ3n) is 4.50. The summed E-state index contributed by atoms with van der Waals surface area (Å²) >= 11 is 0. The van der Waals surface area contributed by atoms with Crippen molar-refractivity contribution in [3.63, 3.8) is 0 Å². The molecule has 1 aromatic rings. The molecular formula is C18H27FN2O2. The Kier molecular flexibility index (Phi) is 6.99. The first kappa shape index (κ1) is 17.9. The molecule has 1 heterocycles. The zero-order valence-corrected chi connectivity index (χ0v) is 14.1. The monoisotopic (exact) mass is 322 g/mol. The summed E-state index contributed by atoms with van der Waals surface area (Å²) in [7, 11) is 1.72. The Hall–Kier alpha value is -1.46. The lowest BCUT2D eigenvalue weighted by Crippen LogP contribution is -2.32. The minimum atomic E-state index is -0.246. The maximum Gasteiger partial charge on any atom is 0.220 e. The van der Waals surface area contributed by atoms with Gasteiger partial charge in [0.05, 0.1) is 6.61 Å². The van der Waals surface area contributed by atoms with Gasteiger partial charge in [0, 0.05) is 33.2 Å². The molecule has 2 atom stereocenters. The number of nitrogens with zero attached hydrogens (tertiary/aromatic N) is 1. The number of hydrogen-bond donors (Lipinski definition) is 1. The van der Waals surface area contributed by atoms with Gasteiger partial charge in [-0.15, -0.1) is 0 Å². The van der Waals surface area contributed by atoms with E-state index in [4.69, 9.17) is 4.74 Å². The minimum Gasteiger partial charge on any atom is -0.383 e. The fourth-order valence-corrected chi connectivity index (χ4v) is 3.02. The predicted octanol–water partition coefficient (Wildman–Crippen LogP) is 2.40. The van der Waals surface area contributed by atoms with E-state index in [9.17, 15) is 9.18 Å². The summed E-state index contributed by atoms with van der Waals surface area (Å²) in [5.41, 5.74) is 0.994. The Bertz CT molecular complexity index is 492. The molecule has 5 heteroatoms. The molecule has 1 aromatic carbocycles. The van der Waals surface area contributed by atoms with Crippen LogP contribution in [0.3, 0.4) is 0 Å². The van der Waals surface area contributed by atoms with E-state index < -0.39 is 0 Å². The lowest BCUT2D eigenvalue weighted by Gasteiger charge is -2.16. The number of halogens is 1. The van der Waals surface area contributed by atoms with Crippen molar-refractivity contribution in [2.75, 3.05) is 39.9 Å². The van der Waals surface area contributed by atoms with Crippen LogP contribution >= 0.6 is 0 Å². The van der Waals surface area contributed by atoms with Crippen LogP contribution in [0.2, 0.25) is 0 Å². The van der Waals surface area contributed by atoms with Crippen molar-refractivity contribution in [2.24, 2.45) is 5.92 Å². The number of rotatable bonds is 8. The van der Waals surface area contributed by atoms with E-state index in [1.54, 1.807) is 19.2 Å². The fourth-order valence-electron chi connectivity index (χ4n) is 3.02. The third-order valence-corrected chi connectivity index (χ3v) is 4.50. The molecule has 128 valence electrons. The highest BCUT2D eigenvalue weighted by Crippen LogP contribution is 2.19. The van der Waals surface area contributed by atoms with Crippen molar-refractivity contribution in [2.45, 2.75) is 25.7 Å². The zero-order valence-electron chi connectivity index (χ0n) is 14.1. The first-order chi connectivity index (χ1) is 11.1. The zero-order chi connectivity index (χ0) is 16.7. The summed E-state index contributed by atoms with van der Waals surface area (Å²) < 4.78 is 18.0. The quantitative estimate of drug-likeness (QED) is 0.799. The van der Waals surface area contributed by atoms with Crippen molar-refractivity contribution >= 4 is 5.91 Å². The van der Waals surface area contributed by atoms with Crippen molar-refractivity contribution in [1.29, 1.82) is 0 Å². The molecule has 0 spiro atoms. The number of carbonyl (C=O) groups is 1. The van der Waals surface area contributed by atoms with E-state index in [0.29, 0.717) is 12.3 Å². The van der Waals surface area contributed by atoms with Crippen molar-refractivity contribution in [1.82, 2.24) is 10.2 Å². The fraction of sp³-hybridized carbons (Fsp3) is 0.611. The van der Waals surface area contributed by atoms with Gasteiger partial charge in [-0.3, -0.25) is 4.79 Å². The second kappa shape index (κ2) is 8.99. The second-order valence-electron chi connectivity index (χ2n) is 6.41. The van der Waals surface area contributed by atoms with Gasteiger partial charge in [0.25, 0.3) is 0 Å². The number of amides is 1. The predicted molar refractivity (Wildman–Crippen MR) is 88.9 cm³/mol. The normalized spacial score (nSPS) is 19.7. The number of hydrogen-bond acceptors (Lipinski definition) is 3. The highest BCUT2D eigenvalue weighted by molar-refractivity contribution is 5.76. The Morgan fingerprint density at radius 2 is 2.17 bits per heavy atom. The number of ether oxygens (including phenoxy) is 1. The molecule has 1 aliphatic rings. The van der Waals surface area contributed by atoms with Gasteiger partial charge < -0.3 is 15.0 Å². The van der Waals surface area contributed by atoms with Crippen LogP contribution in [0.1, 0.15) is 31.2 Å². The van der Waals surface area contributed by atoms with Crippen molar-refractivity contribution < 1.29 is 13.9 Å². The minimum absolute atomic E-state index is 0.0668. The summed E-state index contributed by atoms with van der Waals surface area (Å²) in [5.74, 6) is 0.441. The van der Waals surface area contributed by atoms with Crippen LogP contribution in [0.25, 0.3) is 0 Å². The van der Waals surface area contributed by atoms with Crippen LogP contribution in [0, 0.1) is 11.7 Å². The average molecular weight is 322 g/mol. The van der Waals surface area contributed by atoms with Gasteiger partial charge in [0.15, 0.2) is 0 Å². The Balaban J connectivity index is 1.68. The van der Waals surface area contributed by atoms with Crippen LogP contribution in [-0.4, -0.2) is 50.7 Å². The van der Waals surface area contributed by atoms with Crippen LogP contribution in [0.4, 0.5) is 4.39 Å². The van der Waals surface area contributed by atoms with Crippen LogP contribution in [0.5, 0.6) is 0 Å². The summed E-state index contributed by atoms with van der Waals surface area (Å²) in [6.07, 6.45) is 1.56. The average Bonchev–Trinajstić information content (AvgIpc) is 2.99. The molecule has 1 N–H and O–H groups in total. The number of methoxy groups -OCH3 is 1. The highest BCUT2D eigenvalue weighted by Gasteiger charge is 2.22. The van der Waals surface area contributed by atoms with E-state index in [2.05, 4.69) is 10.2 Å². The molecule has 0 aliphatic carbocycles. The Morgan fingerprint density at radius 1 is 1.43 bits per heavy atom.